The van der Waals surface area contributed by atoms with E-state index in [1.165, 1.54) is 11.3 Å². The third-order valence-electron chi connectivity index (χ3n) is 2.83. The highest BCUT2D eigenvalue weighted by Crippen LogP contribution is 2.31. The summed E-state index contributed by atoms with van der Waals surface area (Å²) in [5, 5.41) is 1.11. The number of hydrogen-bond acceptors (Lipinski definition) is 6. The van der Waals surface area contributed by atoms with Crippen molar-refractivity contribution in [3.05, 3.63) is 10.9 Å². The minimum Gasteiger partial charge on any atom is -0.359 e. The molecule has 0 amide bonds. The highest BCUT2D eigenvalue weighted by molar-refractivity contribution is 7.18. The van der Waals surface area contributed by atoms with Crippen LogP contribution in [0.3, 0.4) is 0 Å². The molecule has 3 N–H and O–H groups in total. The molecule has 0 aliphatic heterocycles. The molecular formula is C12H19N5S. The number of aryl methyl sites for hydroxylation is 1. The number of nitrogen functional groups attached to an aromatic ring is 1. The fraction of sp³-hybridized carbons (Fsp3) is 0.500. The first kappa shape index (κ1) is 13.0. The third kappa shape index (κ3) is 2.54. The van der Waals surface area contributed by atoms with Crippen molar-refractivity contribution in [3.63, 3.8) is 0 Å². The molecule has 2 rings (SSSR count). The maximum atomic E-state index is 5.43. The number of aromatic nitrogens is 2. The SMILES string of the molecule is CCCCN(C)c1nc(NN)nc2sc(C)cc12. The first-order valence-corrected chi connectivity index (χ1v) is 6.93. The van der Waals surface area contributed by atoms with Crippen LogP contribution < -0.4 is 16.2 Å². The number of anilines is 2. The van der Waals surface area contributed by atoms with Gasteiger partial charge in [0.2, 0.25) is 5.95 Å². The molecule has 0 fully saturated rings. The lowest BCUT2D eigenvalue weighted by Gasteiger charge is -2.19. The van der Waals surface area contributed by atoms with Crippen LogP contribution in [0.1, 0.15) is 24.6 Å². The van der Waals surface area contributed by atoms with Gasteiger partial charge in [-0.3, -0.25) is 5.43 Å². The van der Waals surface area contributed by atoms with Crippen LogP contribution in [-0.4, -0.2) is 23.6 Å². The van der Waals surface area contributed by atoms with E-state index in [1.54, 1.807) is 11.3 Å². The van der Waals surface area contributed by atoms with Crippen LogP contribution >= 0.6 is 11.3 Å². The van der Waals surface area contributed by atoms with Crippen LogP contribution in [0, 0.1) is 6.92 Å². The average Bonchev–Trinajstić information content (AvgIpc) is 2.74. The Morgan fingerprint density at radius 3 is 2.89 bits per heavy atom. The molecular weight excluding hydrogens is 246 g/mol. The number of fused-ring (bicyclic) bond motifs is 1. The number of unbranched alkanes of at least 4 members (excludes halogenated alkanes) is 1. The van der Waals surface area contributed by atoms with Gasteiger partial charge in [-0.15, -0.1) is 11.3 Å². The van der Waals surface area contributed by atoms with Gasteiger partial charge in [-0.05, 0) is 19.4 Å². The van der Waals surface area contributed by atoms with Gasteiger partial charge in [0, 0.05) is 18.5 Å². The van der Waals surface area contributed by atoms with Crippen LogP contribution in [0.4, 0.5) is 11.8 Å². The van der Waals surface area contributed by atoms with E-state index in [1.807, 2.05) is 0 Å². The second kappa shape index (κ2) is 5.49. The van der Waals surface area contributed by atoms with Gasteiger partial charge < -0.3 is 4.90 Å². The second-order valence-corrected chi connectivity index (χ2v) is 5.60. The summed E-state index contributed by atoms with van der Waals surface area (Å²) >= 11 is 1.66. The Labute approximate surface area is 111 Å². The quantitative estimate of drug-likeness (QED) is 0.642. The van der Waals surface area contributed by atoms with Gasteiger partial charge in [0.25, 0.3) is 0 Å². The average molecular weight is 265 g/mol. The fourth-order valence-electron chi connectivity index (χ4n) is 1.88. The Morgan fingerprint density at radius 1 is 1.44 bits per heavy atom. The van der Waals surface area contributed by atoms with Crippen molar-refractivity contribution in [1.82, 2.24) is 9.97 Å². The summed E-state index contributed by atoms with van der Waals surface area (Å²) in [5.74, 6) is 6.85. The first-order chi connectivity index (χ1) is 8.65. The molecule has 0 unspecified atom stereocenters. The standard InChI is InChI=1S/C12H19N5S/c1-4-5-6-17(3)10-9-7-8(2)18-11(9)15-12(14-10)16-13/h7H,4-6,13H2,1-3H3,(H,14,15,16). The number of nitrogens with two attached hydrogens (primary N) is 1. The van der Waals surface area contributed by atoms with E-state index >= 15 is 0 Å². The number of nitrogens with one attached hydrogen (secondary N) is 1. The summed E-state index contributed by atoms with van der Waals surface area (Å²) in [6, 6.07) is 2.14. The molecule has 2 heterocycles. The molecule has 18 heavy (non-hydrogen) atoms. The molecule has 2 aromatic heterocycles. The van der Waals surface area contributed by atoms with Gasteiger partial charge in [-0.1, -0.05) is 13.3 Å². The van der Waals surface area contributed by atoms with Crippen molar-refractivity contribution < 1.29 is 0 Å². The second-order valence-electron chi connectivity index (χ2n) is 4.37. The van der Waals surface area contributed by atoms with Crippen LogP contribution in [0.15, 0.2) is 6.07 Å². The Balaban J connectivity index is 2.45. The Morgan fingerprint density at radius 2 is 2.22 bits per heavy atom. The molecule has 6 heteroatoms. The predicted molar refractivity (Wildman–Crippen MR) is 78.1 cm³/mol. The van der Waals surface area contributed by atoms with Crippen molar-refractivity contribution in [2.24, 2.45) is 5.84 Å². The minimum atomic E-state index is 0.475. The molecule has 0 spiro atoms. The van der Waals surface area contributed by atoms with E-state index in [9.17, 15) is 0 Å². The molecule has 0 radical (unpaired) electrons. The molecule has 0 aromatic carbocycles. The van der Waals surface area contributed by atoms with Gasteiger partial charge in [0.1, 0.15) is 10.6 Å². The molecule has 98 valence electrons. The zero-order chi connectivity index (χ0) is 13.1. The summed E-state index contributed by atoms with van der Waals surface area (Å²) < 4.78 is 0. The number of hydrazine groups is 1. The van der Waals surface area contributed by atoms with Crippen LogP contribution in [-0.2, 0) is 0 Å². The van der Waals surface area contributed by atoms with Crippen LogP contribution in [0.5, 0.6) is 0 Å². The molecule has 0 atom stereocenters. The lowest BCUT2D eigenvalue weighted by atomic mass is 10.3. The molecule has 0 bridgehead atoms. The van der Waals surface area contributed by atoms with E-state index in [4.69, 9.17) is 5.84 Å². The number of thiophene rings is 1. The number of rotatable bonds is 5. The van der Waals surface area contributed by atoms with Crippen molar-refractivity contribution in [2.75, 3.05) is 23.9 Å². The molecule has 0 aliphatic carbocycles. The summed E-state index contributed by atoms with van der Waals surface area (Å²) in [5.41, 5.74) is 2.54. The van der Waals surface area contributed by atoms with Crippen LogP contribution in [0.25, 0.3) is 10.2 Å². The highest BCUT2D eigenvalue weighted by atomic mass is 32.1. The van der Waals surface area contributed by atoms with Gasteiger partial charge in [0.15, 0.2) is 0 Å². The lowest BCUT2D eigenvalue weighted by molar-refractivity contribution is 0.761. The van der Waals surface area contributed by atoms with Gasteiger partial charge in [-0.2, -0.15) is 4.98 Å². The molecule has 2 aromatic rings. The van der Waals surface area contributed by atoms with Crippen LogP contribution in [0.2, 0.25) is 0 Å². The minimum absolute atomic E-state index is 0.475. The van der Waals surface area contributed by atoms with Crippen molar-refractivity contribution in [1.29, 1.82) is 0 Å². The van der Waals surface area contributed by atoms with Crippen molar-refractivity contribution in [2.45, 2.75) is 26.7 Å². The largest absolute Gasteiger partial charge is 0.359 e. The number of nitrogens with zero attached hydrogens (tertiary/aromatic N) is 3. The Kier molecular flexibility index (Phi) is 3.98. The monoisotopic (exact) mass is 265 g/mol. The highest BCUT2D eigenvalue weighted by Gasteiger charge is 2.13. The predicted octanol–water partition coefficient (Wildman–Crippen LogP) is 2.52. The van der Waals surface area contributed by atoms with Gasteiger partial charge in [-0.25, -0.2) is 10.8 Å². The lowest BCUT2D eigenvalue weighted by Crippen LogP contribution is -2.21. The van der Waals surface area contributed by atoms with Gasteiger partial charge in [0.05, 0.1) is 5.39 Å². The zero-order valence-electron chi connectivity index (χ0n) is 11.0. The number of hydrogen-bond donors (Lipinski definition) is 2. The maximum Gasteiger partial charge on any atom is 0.240 e. The Hall–Kier alpha value is -1.40. The van der Waals surface area contributed by atoms with E-state index in [0.717, 1.165) is 29.0 Å². The molecule has 0 saturated heterocycles. The molecule has 0 saturated carbocycles. The zero-order valence-corrected chi connectivity index (χ0v) is 11.8. The summed E-state index contributed by atoms with van der Waals surface area (Å²) in [6.07, 6.45) is 2.32. The normalized spacial score (nSPS) is 10.9. The Bertz CT molecular complexity index is 536. The van der Waals surface area contributed by atoms with Gasteiger partial charge >= 0.3 is 0 Å². The van der Waals surface area contributed by atoms with E-state index in [2.05, 4.69) is 47.3 Å². The van der Waals surface area contributed by atoms with Crippen molar-refractivity contribution >= 4 is 33.3 Å². The van der Waals surface area contributed by atoms with E-state index < -0.39 is 0 Å². The maximum absolute atomic E-state index is 5.43. The summed E-state index contributed by atoms with van der Waals surface area (Å²) in [4.78, 5) is 13.2. The van der Waals surface area contributed by atoms with E-state index in [0.29, 0.717) is 5.95 Å². The van der Waals surface area contributed by atoms with Crippen molar-refractivity contribution in [3.8, 4) is 0 Å². The topological polar surface area (TPSA) is 67.1 Å². The first-order valence-electron chi connectivity index (χ1n) is 6.11. The smallest absolute Gasteiger partial charge is 0.240 e. The summed E-state index contributed by atoms with van der Waals surface area (Å²) in [6.45, 7) is 5.25. The van der Waals surface area contributed by atoms with E-state index in [-0.39, 0.29) is 0 Å². The fourth-order valence-corrected chi connectivity index (χ4v) is 2.76. The molecule has 0 aliphatic rings. The molecule has 5 nitrogen and oxygen atoms in total. The summed E-state index contributed by atoms with van der Waals surface area (Å²) in [7, 11) is 2.06. The third-order valence-corrected chi connectivity index (χ3v) is 3.78.